The highest BCUT2D eigenvalue weighted by molar-refractivity contribution is 7.99. The molecule has 0 aromatic heterocycles. The molecule has 2 rings (SSSR count). The van der Waals surface area contributed by atoms with Gasteiger partial charge in [0.1, 0.15) is 0 Å². The van der Waals surface area contributed by atoms with Crippen molar-refractivity contribution in [3.05, 3.63) is 29.8 Å². The fraction of sp³-hybridized carbons (Fsp3) is 0.500. The molecular formula is C14H18N2O2S2. The zero-order valence-corrected chi connectivity index (χ0v) is 13.1. The van der Waals surface area contributed by atoms with E-state index < -0.39 is 10.0 Å². The fourth-order valence-electron chi connectivity index (χ4n) is 2.30. The Morgan fingerprint density at radius 2 is 2.10 bits per heavy atom. The van der Waals surface area contributed by atoms with Crippen LogP contribution < -0.4 is 0 Å². The quantitative estimate of drug-likeness (QED) is 0.801. The number of thioether (sulfide) groups is 1. The van der Waals surface area contributed by atoms with Crippen LogP contribution in [0.25, 0.3) is 0 Å². The van der Waals surface area contributed by atoms with Gasteiger partial charge >= 0.3 is 0 Å². The Morgan fingerprint density at radius 3 is 2.70 bits per heavy atom. The van der Waals surface area contributed by atoms with Crippen molar-refractivity contribution in [3.8, 4) is 6.07 Å². The monoisotopic (exact) mass is 310 g/mol. The number of benzene rings is 1. The van der Waals surface area contributed by atoms with Gasteiger partial charge < -0.3 is 0 Å². The Morgan fingerprint density at radius 1 is 1.40 bits per heavy atom. The van der Waals surface area contributed by atoms with E-state index in [9.17, 15) is 8.42 Å². The van der Waals surface area contributed by atoms with Gasteiger partial charge in [-0.1, -0.05) is 0 Å². The molecule has 1 aromatic carbocycles. The van der Waals surface area contributed by atoms with Crippen molar-refractivity contribution < 1.29 is 8.42 Å². The van der Waals surface area contributed by atoms with Gasteiger partial charge in [-0.25, -0.2) is 12.7 Å². The van der Waals surface area contributed by atoms with E-state index in [1.165, 1.54) is 6.26 Å². The van der Waals surface area contributed by atoms with E-state index in [1.807, 2.05) is 24.3 Å². The molecule has 1 unspecified atom stereocenters. The van der Waals surface area contributed by atoms with Gasteiger partial charge in [0.05, 0.1) is 17.9 Å². The molecule has 4 nitrogen and oxygen atoms in total. The maximum Gasteiger partial charge on any atom is 0.211 e. The number of nitrogens with zero attached hydrogens (tertiary/aromatic N) is 2. The second-order valence-corrected chi connectivity index (χ2v) is 8.15. The van der Waals surface area contributed by atoms with Gasteiger partial charge in [-0.3, -0.25) is 0 Å². The van der Waals surface area contributed by atoms with Crippen molar-refractivity contribution in [1.29, 1.82) is 5.26 Å². The fourth-order valence-corrected chi connectivity index (χ4v) is 4.28. The highest BCUT2D eigenvalue weighted by Crippen LogP contribution is 2.26. The Balaban J connectivity index is 1.89. The van der Waals surface area contributed by atoms with Gasteiger partial charge in [0.2, 0.25) is 10.0 Å². The summed E-state index contributed by atoms with van der Waals surface area (Å²) >= 11 is 1.73. The van der Waals surface area contributed by atoms with Crippen LogP contribution in [0.15, 0.2) is 29.2 Å². The SMILES string of the molecule is CS(=O)(=O)N1CCCC(CSc2ccc(C#N)cc2)C1. The summed E-state index contributed by atoms with van der Waals surface area (Å²) < 4.78 is 24.7. The molecule has 1 aliphatic rings. The molecule has 1 atom stereocenters. The van der Waals surface area contributed by atoms with Crippen molar-refractivity contribution in [2.75, 3.05) is 25.1 Å². The van der Waals surface area contributed by atoms with Crippen LogP contribution in [0.3, 0.4) is 0 Å². The Hall–Kier alpha value is -1.03. The zero-order valence-electron chi connectivity index (χ0n) is 11.4. The van der Waals surface area contributed by atoms with Gasteiger partial charge in [-0.05, 0) is 43.0 Å². The molecule has 1 saturated heterocycles. The molecule has 0 N–H and O–H groups in total. The van der Waals surface area contributed by atoms with E-state index in [0.29, 0.717) is 24.6 Å². The highest BCUT2D eigenvalue weighted by atomic mass is 32.2. The molecule has 1 fully saturated rings. The number of sulfonamides is 1. The standard InChI is InChI=1S/C14H18N2O2S2/c1-20(17,18)16-8-2-3-13(10-16)11-19-14-6-4-12(9-15)5-7-14/h4-7,13H,2-3,8,10-11H2,1H3. The molecular weight excluding hydrogens is 292 g/mol. The topological polar surface area (TPSA) is 61.2 Å². The van der Waals surface area contributed by atoms with Gasteiger partial charge in [-0.2, -0.15) is 5.26 Å². The molecule has 0 spiro atoms. The van der Waals surface area contributed by atoms with Crippen molar-refractivity contribution in [1.82, 2.24) is 4.31 Å². The van der Waals surface area contributed by atoms with Crippen molar-refractivity contribution >= 4 is 21.8 Å². The van der Waals surface area contributed by atoms with Crippen LogP contribution in [0.5, 0.6) is 0 Å². The van der Waals surface area contributed by atoms with Crippen LogP contribution in [-0.2, 0) is 10.0 Å². The number of rotatable bonds is 4. The summed E-state index contributed by atoms with van der Waals surface area (Å²) in [5.74, 6) is 1.32. The molecule has 0 bridgehead atoms. The van der Waals surface area contributed by atoms with E-state index in [-0.39, 0.29) is 0 Å². The van der Waals surface area contributed by atoms with Gasteiger partial charge in [0, 0.05) is 23.7 Å². The summed E-state index contributed by atoms with van der Waals surface area (Å²) in [6, 6.07) is 9.61. The van der Waals surface area contributed by atoms with Crippen molar-refractivity contribution in [2.45, 2.75) is 17.7 Å². The third kappa shape index (κ3) is 4.23. The molecule has 108 valence electrons. The van der Waals surface area contributed by atoms with Crippen LogP contribution in [-0.4, -0.2) is 37.8 Å². The first-order valence-electron chi connectivity index (χ1n) is 6.57. The molecule has 0 aliphatic carbocycles. The summed E-state index contributed by atoms with van der Waals surface area (Å²) in [6.07, 6.45) is 3.30. The maximum atomic E-state index is 11.6. The minimum atomic E-state index is -3.06. The molecule has 1 aliphatic heterocycles. The Bertz CT molecular complexity index is 591. The lowest BCUT2D eigenvalue weighted by Crippen LogP contribution is -2.39. The lowest BCUT2D eigenvalue weighted by atomic mass is 10.0. The lowest BCUT2D eigenvalue weighted by Gasteiger charge is -2.30. The smallest absolute Gasteiger partial charge is 0.211 e. The molecule has 1 aromatic rings. The molecule has 0 radical (unpaired) electrons. The molecule has 6 heteroatoms. The lowest BCUT2D eigenvalue weighted by molar-refractivity contribution is 0.286. The van der Waals surface area contributed by atoms with E-state index in [1.54, 1.807) is 16.1 Å². The minimum Gasteiger partial charge on any atom is -0.213 e. The van der Waals surface area contributed by atoms with Gasteiger partial charge in [0.15, 0.2) is 0 Å². The summed E-state index contributed by atoms with van der Waals surface area (Å²) in [6.45, 7) is 1.28. The summed E-state index contributed by atoms with van der Waals surface area (Å²) in [5, 5.41) is 8.75. The van der Waals surface area contributed by atoms with Gasteiger partial charge in [0.25, 0.3) is 0 Å². The maximum absolute atomic E-state index is 11.6. The van der Waals surface area contributed by atoms with Crippen LogP contribution in [0, 0.1) is 17.2 Å². The van der Waals surface area contributed by atoms with Crippen molar-refractivity contribution in [2.24, 2.45) is 5.92 Å². The summed E-state index contributed by atoms with van der Waals surface area (Å²) in [7, 11) is -3.06. The Kier molecular flexibility index (Phi) is 5.08. The second-order valence-electron chi connectivity index (χ2n) is 5.08. The van der Waals surface area contributed by atoms with E-state index in [0.717, 1.165) is 23.5 Å². The number of piperidine rings is 1. The third-order valence-electron chi connectivity index (χ3n) is 3.42. The predicted molar refractivity (Wildman–Crippen MR) is 81.0 cm³/mol. The third-order valence-corrected chi connectivity index (χ3v) is 5.93. The zero-order chi connectivity index (χ0) is 14.6. The van der Waals surface area contributed by atoms with Crippen molar-refractivity contribution in [3.63, 3.8) is 0 Å². The number of nitriles is 1. The largest absolute Gasteiger partial charge is 0.213 e. The van der Waals surface area contributed by atoms with E-state index in [4.69, 9.17) is 5.26 Å². The average molecular weight is 310 g/mol. The van der Waals surface area contributed by atoms with Crippen LogP contribution in [0.4, 0.5) is 0 Å². The van der Waals surface area contributed by atoms with E-state index >= 15 is 0 Å². The predicted octanol–water partition coefficient (Wildman–Crippen LogP) is 2.32. The first-order chi connectivity index (χ1) is 9.49. The molecule has 1 heterocycles. The van der Waals surface area contributed by atoms with Crippen LogP contribution in [0.2, 0.25) is 0 Å². The number of hydrogen-bond acceptors (Lipinski definition) is 4. The highest BCUT2D eigenvalue weighted by Gasteiger charge is 2.25. The molecule has 0 amide bonds. The average Bonchev–Trinajstić information content (AvgIpc) is 2.45. The normalized spacial score (nSPS) is 20.5. The molecule has 0 saturated carbocycles. The molecule has 20 heavy (non-hydrogen) atoms. The first-order valence-corrected chi connectivity index (χ1v) is 9.40. The minimum absolute atomic E-state index is 0.402. The second kappa shape index (κ2) is 6.61. The first kappa shape index (κ1) is 15.4. The van der Waals surface area contributed by atoms with Crippen LogP contribution >= 0.6 is 11.8 Å². The summed E-state index contributed by atoms with van der Waals surface area (Å²) in [4.78, 5) is 1.13. The van der Waals surface area contributed by atoms with E-state index in [2.05, 4.69) is 6.07 Å². The number of hydrogen-bond donors (Lipinski definition) is 0. The van der Waals surface area contributed by atoms with Crippen LogP contribution in [0.1, 0.15) is 18.4 Å². The summed E-state index contributed by atoms with van der Waals surface area (Å²) in [5.41, 5.74) is 0.662. The Labute approximate surface area is 124 Å². The van der Waals surface area contributed by atoms with Gasteiger partial charge in [-0.15, -0.1) is 11.8 Å².